The van der Waals surface area contributed by atoms with Gasteiger partial charge in [0.05, 0.1) is 10.7 Å². The summed E-state index contributed by atoms with van der Waals surface area (Å²) < 4.78 is 41.6. The fraction of sp³-hybridized carbons (Fsp3) is 0.357. The van der Waals surface area contributed by atoms with Gasteiger partial charge in [0, 0.05) is 37.8 Å². The first-order chi connectivity index (χ1) is 10.5. The maximum absolute atomic E-state index is 12.5. The van der Waals surface area contributed by atoms with E-state index in [0.29, 0.717) is 16.1 Å². The number of nitrogens with one attached hydrogen (secondary N) is 1. The zero-order valence-corrected chi connectivity index (χ0v) is 12.2. The van der Waals surface area contributed by atoms with Crippen LogP contribution in [0.25, 0.3) is 10.9 Å². The van der Waals surface area contributed by atoms with Crippen LogP contribution in [0.2, 0.25) is 5.02 Å². The van der Waals surface area contributed by atoms with Crippen molar-refractivity contribution in [2.45, 2.75) is 6.36 Å². The summed E-state index contributed by atoms with van der Waals surface area (Å²) in [5.41, 5.74) is 0.846. The number of hydrogen-bond donors (Lipinski definition) is 1. The molecular formula is C14H13ClF3N3O. The summed E-state index contributed by atoms with van der Waals surface area (Å²) in [6.45, 7) is 3.03. The van der Waals surface area contributed by atoms with Crippen LogP contribution in [0.15, 0.2) is 24.4 Å². The number of nitrogens with zero attached hydrogens (tertiary/aromatic N) is 2. The number of halogens is 4. The van der Waals surface area contributed by atoms with Crippen molar-refractivity contribution in [1.29, 1.82) is 0 Å². The van der Waals surface area contributed by atoms with Crippen LogP contribution < -0.4 is 15.0 Å². The molecule has 1 N–H and O–H groups in total. The summed E-state index contributed by atoms with van der Waals surface area (Å²) >= 11 is 6.23. The lowest BCUT2D eigenvalue weighted by atomic mass is 10.1. The SMILES string of the molecule is FC(F)(F)Oc1cccc2c(N3CCNCC3)c(Cl)cnc12. The molecule has 0 spiro atoms. The number of pyridine rings is 1. The molecule has 1 fully saturated rings. The zero-order valence-electron chi connectivity index (χ0n) is 11.5. The van der Waals surface area contributed by atoms with Crippen LogP contribution in [0.3, 0.4) is 0 Å². The van der Waals surface area contributed by atoms with Crippen LogP contribution in [0.5, 0.6) is 5.75 Å². The Balaban J connectivity index is 2.12. The number of anilines is 1. The molecule has 22 heavy (non-hydrogen) atoms. The van der Waals surface area contributed by atoms with E-state index in [9.17, 15) is 13.2 Å². The number of rotatable bonds is 2. The average molecular weight is 332 g/mol. The van der Waals surface area contributed by atoms with Gasteiger partial charge in [-0.1, -0.05) is 23.7 Å². The number of hydrogen-bond acceptors (Lipinski definition) is 4. The Morgan fingerprint density at radius 3 is 2.64 bits per heavy atom. The van der Waals surface area contributed by atoms with Gasteiger partial charge in [0.15, 0.2) is 5.75 Å². The van der Waals surface area contributed by atoms with E-state index in [2.05, 4.69) is 15.0 Å². The van der Waals surface area contributed by atoms with Crippen molar-refractivity contribution < 1.29 is 17.9 Å². The predicted molar refractivity (Wildman–Crippen MR) is 78.5 cm³/mol. The lowest BCUT2D eigenvalue weighted by Gasteiger charge is -2.31. The van der Waals surface area contributed by atoms with Crippen LogP contribution >= 0.6 is 11.6 Å². The summed E-state index contributed by atoms with van der Waals surface area (Å²) in [6, 6.07) is 4.46. The molecule has 0 unspecified atom stereocenters. The summed E-state index contributed by atoms with van der Waals surface area (Å²) in [4.78, 5) is 6.06. The second-order valence-corrected chi connectivity index (χ2v) is 5.30. The van der Waals surface area contributed by atoms with Gasteiger partial charge in [-0.15, -0.1) is 13.2 Å². The smallest absolute Gasteiger partial charge is 0.403 e. The van der Waals surface area contributed by atoms with Gasteiger partial charge < -0.3 is 15.0 Å². The molecule has 1 saturated heterocycles. The molecule has 0 aliphatic carbocycles. The fourth-order valence-electron chi connectivity index (χ4n) is 2.57. The highest BCUT2D eigenvalue weighted by molar-refractivity contribution is 6.34. The molecule has 1 aromatic heterocycles. The summed E-state index contributed by atoms with van der Waals surface area (Å²) in [6.07, 6.45) is -3.39. The van der Waals surface area contributed by atoms with Crippen LogP contribution in [0, 0.1) is 0 Å². The third kappa shape index (κ3) is 3.05. The van der Waals surface area contributed by atoms with Gasteiger partial charge in [0.25, 0.3) is 0 Å². The second-order valence-electron chi connectivity index (χ2n) is 4.89. The van der Waals surface area contributed by atoms with E-state index in [0.717, 1.165) is 26.2 Å². The molecule has 8 heteroatoms. The van der Waals surface area contributed by atoms with E-state index < -0.39 is 6.36 Å². The lowest BCUT2D eigenvalue weighted by Crippen LogP contribution is -2.43. The molecule has 2 aromatic rings. The molecule has 118 valence electrons. The topological polar surface area (TPSA) is 37.4 Å². The zero-order chi connectivity index (χ0) is 15.7. The molecular weight excluding hydrogens is 319 g/mol. The van der Waals surface area contributed by atoms with Crippen LogP contribution in [0.1, 0.15) is 0 Å². The molecule has 0 bridgehead atoms. The molecule has 0 radical (unpaired) electrons. The normalized spacial score (nSPS) is 16.1. The minimum Gasteiger partial charge on any atom is -0.403 e. The van der Waals surface area contributed by atoms with Crippen molar-refractivity contribution in [2.75, 3.05) is 31.1 Å². The van der Waals surface area contributed by atoms with Gasteiger partial charge in [-0.3, -0.25) is 4.98 Å². The van der Waals surface area contributed by atoms with E-state index in [1.807, 2.05) is 4.90 Å². The highest BCUT2D eigenvalue weighted by atomic mass is 35.5. The Labute approximate surface area is 129 Å². The summed E-state index contributed by atoms with van der Waals surface area (Å²) in [5.74, 6) is -0.321. The average Bonchev–Trinajstić information content (AvgIpc) is 2.46. The molecule has 0 atom stereocenters. The van der Waals surface area contributed by atoms with E-state index in [-0.39, 0.29) is 11.3 Å². The molecule has 3 rings (SSSR count). The van der Waals surface area contributed by atoms with E-state index >= 15 is 0 Å². The molecule has 0 saturated carbocycles. The van der Waals surface area contributed by atoms with Gasteiger partial charge >= 0.3 is 6.36 Å². The Morgan fingerprint density at radius 1 is 1.23 bits per heavy atom. The number of ether oxygens (including phenoxy) is 1. The molecule has 1 aliphatic rings. The van der Waals surface area contributed by atoms with Crippen molar-refractivity contribution in [2.24, 2.45) is 0 Å². The van der Waals surface area contributed by atoms with Gasteiger partial charge in [0.1, 0.15) is 5.52 Å². The Hall–Kier alpha value is -1.73. The third-order valence-corrected chi connectivity index (χ3v) is 3.72. The van der Waals surface area contributed by atoms with Gasteiger partial charge in [-0.25, -0.2) is 0 Å². The summed E-state index contributed by atoms with van der Waals surface area (Å²) in [5, 5.41) is 4.19. The largest absolute Gasteiger partial charge is 0.573 e. The fourth-order valence-corrected chi connectivity index (χ4v) is 2.84. The quantitative estimate of drug-likeness (QED) is 0.917. The lowest BCUT2D eigenvalue weighted by molar-refractivity contribution is -0.274. The van der Waals surface area contributed by atoms with Crippen LogP contribution in [-0.2, 0) is 0 Å². The number of aromatic nitrogens is 1. The Kier molecular flexibility index (Phi) is 4.01. The third-order valence-electron chi connectivity index (χ3n) is 3.45. The highest BCUT2D eigenvalue weighted by Gasteiger charge is 2.32. The minimum atomic E-state index is -4.76. The van der Waals surface area contributed by atoms with Crippen LogP contribution in [-0.4, -0.2) is 37.5 Å². The van der Waals surface area contributed by atoms with Crippen LogP contribution in [0.4, 0.5) is 18.9 Å². The van der Waals surface area contributed by atoms with Gasteiger partial charge in [-0.2, -0.15) is 0 Å². The van der Waals surface area contributed by atoms with E-state index in [1.54, 1.807) is 6.07 Å². The first kappa shape index (κ1) is 15.2. The van der Waals surface area contributed by atoms with Gasteiger partial charge in [-0.05, 0) is 6.07 Å². The molecule has 0 amide bonds. The first-order valence-corrected chi connectivity index (χ1v) is 7.12. The Morgan fingerprint density at radius 2 is 1.95 bits per heavy atom. The van der Waals surface area contributed by atoms with Crippen molar-refractivity contribution >= 4 is 28.2 Å². The number of alkyl halides is 3. The monoisotopic (exact) mass is 331 g/mol. The van der Waals surface area contributed by atoms with E-state index in [4.69, 9.17) is 11.6 Å². The van der Waals surface area contributed by atoms with Crippen molar-refractivity contribution in [1.82, 2.24) is 10.3 Å². The highest BCUT2D eigenvalue weighted by Crippen LogP contribution is 2.38. The number of piperazine rings is 1. The minimum absolute atomic E-state index is 0.151. The standard InChI is InChI=1S/C14H13ClF3N3O/c15-10-8-20-12-9(13(10)21-6-4-19-5-7-21)2-1-3-11(12)22-14(16,17)18/h1-3,8,19H,4-7H2. The molecule has 1 aromatic carbocycles. The maximum atomic E-state index is 12.5. The second kappa shape index (κ2) is 5.81. The van der Waals surface area contributed by atoms with Gasteiger partial charge in [0.2, 0.25) is 0 Å². The first-order valence-electron chi connectivity index (χ1n) is 6.74. The number of para-hydroxylation sites is 1. The van der Waals surface area contributed by atoms with Crippen molar-refractivity contribution in [3.05, 3.63) is 29.4 Å². The maximum Gasteiger partial charge on any atom is 0.573 e. The van der Waals surface area contributed by atoms with E-state index in [1.165, 1.54) is 18.3 Å². The molecule has 4 nitrogen and oxygen atoms in total. The molecule has 1 aliphatic heterocycles. The predicted octanol–water partition coefficient (Wildman–Crippen LogP) is 3.20. The number of benzene rings is 1. The Bertz CT molecular complexity index is 687. The molecule has 2 heterocycles. The summed E-state index contributed by atoms with van der Waals surface area (Å²) in [7, 11) is 0. The number of fused-ring (bicyclic) bond motifs is 1. The van der Waals surface area contributed by atoms with Crippen molar-refractivity contribution in [3.8, 4) is 5.75 Å². The van der Waals surface area contributed by atoms with Crippen molar-refractivity contribution in [3.63, 3.8) is 0 Å².